The molecule has 3 fully saturated rings. The summed E-state index contributed by atoms with van der Waals surface area (Å²) in [6, 6.07) is 9.12. The molecule has 4 heterocycles. The van der Waals surface area contributed by atoms with E-state index in [9.17, 15) is 0 Å². The monoisotopic (exact) mass is 477 g/mol. The number of benzene rings is 1. The number of aromatic nitrogens is 4. The lowest BCUT2D eigenvalue weighted by molar-refractivity contribution is 0.0539. The van der Waals surface area contributed by atoms with Crippen LogP contribution in [0.5, 0.6) is 0 Å². The van der Waals surface area contributed by atoms with Crippen molar-refractivity contribution in [3.05, 3.63) is 51.7 Å². The molecule has 1 unspecified atom stereocenters. The normalized spacial score (nSPS) is 22.1. The Bertz CT molecular complexity index is 1070. The molecule has 6 rings (SSSR count). The summed E-state index contributed by atoms with van der Waals surface area (Å²) in [6.45, 7) is 5.05. The minimum Gasteiger partial charge on any atom is -0.379 e. The van der Waals surface area contributed by atoms with Gasteiger partial charge in [-0.05, 0) is 57.2 Å². The molecule has 0 bridgehead atoms. The van der Waals surface area contributed by atoms with E-state index in [-0.39, 0.29) is 6.04 Å². The van der Waals surface area contributed by atoms with Gasteiger partial charge in [0.2, 0.25) is 0 Å². The van der Waals surface area contributed by atoms with E-state index < -0.39 is 0 Å². The van der Waals surface area contributed by atoms with Crippen LogP contribution >= 0.6 is 11.3 Å². The number of hydrogen-bond acceptors (Lipinski definition) is 6. The summed E-state index contributed by atoms with van der Waals surface area (Å²) in [4.78, 5) is 12.6. The molecule has 2 saturated heterocycles. The number of nitrogens with zero attached hydrogens (tertiary/aromatic N) is 5. The van der Waals surface area contributed by atoms with Crippen molar-refractivity contribution in [2.24, 2.45) is 0 Å². The topological polar surface area (TPSA) is 56.1 Å². The second-order valence-electron chi connectivity index (χ2n) is 10.2. The van der Waals surface area contributed by atoms with E-state index in [1.54, 1.807) is 0 Å². The van der Waals surface area contributed by atoms with Crippen LogP contribution in [0.4, 0.5) is 0 Å². The Hall–Kier alpha value is -2.09. The molecule has 1 saturated carbocycles. The van der Waals surface area contributed by atoms with E-state index >= 15 is 0 Å². The number of ether oxygens (including phenoxy) is 1. The van der Waals surface area contributed by atoms with E-state index in [4.69, 9.17) is 19.8 Å². The Kier molecular flexibility index (Phi) is 6.75. The van der Waals surface area contributed by atoms with E-state index in [1.807, 2.05) is 11.3 Å². The van der Waals surface area contributed by atoms with Gasteiger partial charge < -0.3 is 4.74 Å². The Labute approximate surface area is 206 Å². The molecule has 2 aliphatic heterocycles. The van der Waals surface area contributed by atoms with Crippen LogP contribution in [0.2, 0.25) is 0 Å². The third-order valence-corrected chi connectivity index (χ3v) is 8.67. The third kappa shape index (κ3) is 4.97. The van der Waals surface area contributed by atoms with Crippen LogP contribution in [0.3, 0.4) is 0 Å². The number of rotatable bonds is 7. The first-order chi connectivity index (χ1) is 16.8. The van der Waals surface area contributed by atoms with Crippen LogP contribution in [0.25, 0.3) is 11.4 Å². The van der Waals surface area contributed by atoms with Crippen molar-refractivity contribution in [1.29, 1.82) is 0 Å². The predicted octanol–water partition coefficient (Wildman–Crippen LogP) is 5.60. The zero-order valence-corrected chi connectivity index (χ0v) is 20.8. The highest BCUT2D eigenvalue weighted by atomic mass is 32.1. The van der Waals surface area contributed by atoms with Gasteiger partial charge in [-0.3, -0.25) is 4.90 Å². The number of hydrogen-bond donors (Lipinski definition) is 0. The average Bonchev–Trinajstić information content (AvgIpc) is 3.68. The molecule has 1 atom stereocenters. The van der Waals surface area contributed by atoms with Gasteiger partial charge in [-0.15, -0.1) is 11.3 Å². The van der Waals surface area contributed by atoms with Crippen molar-refractivity contribution in [3.63, 3.8) is 0 Å². The maximum atomic E-state index is 5.80. The van der Waals surface area contributed by atoms with Gasteiger partial charge in [0, 0.05) is 30.0 Å². The molecule has 2 aromatic heterocycles. The Balaban J connectivity index is 1.23. The second-order valence-corrected chi connectivity index (χ2v) is 11.1. The molecule has 0 amide bonds. The van der Waals surface area contributed by atoms with Crippen molar-refractivity contribution in [2.45, 2.75) is 76.3 Å². The molecule has 0 radical (unpaired) electrons. The summed E-state index contributed by atoms with van der Waals surface area (Å²) >= 11 is 1.83. The molecule has 7 heteroatoms. The van der Waals surface area contributed by atoms with Gasteiger partial charge in [0.05, 0.1) is 29.8 Å². The molecule has 0 spiro atoms. The average molecular weight is 478 g/mol. The predicted molar refractivity (Wildman–Crippen MR) is 135 cm³/mol. The van der Waals surface area contributed by atoms with Crippen molar-refractivity contribution < 1.29 is 4.74 Å². The zero-order valence-electron chi connectivity index (χ0n) is 20.0. The van der Waals surface area contributed by atoms with Gasteiger partial charge in [-0.1, -0.05) is 37.1 Å². The molecule has 0 N–H and O–H groups in total. The van der Waals surface area contributed by atoms with Crippen LogP contribution < -0.4 is 0 Å². The summed E-state index contributed by atoms with van der Waals surface area (Å²) in [5.74, 6) is 2.49. The smallest absolute Gasteiger partial charge is 0.181 e. The van der Waals surface area contributed by atoms with Crippen molar-refractivity contribution in [1.82, 2.24) is 24.6 Å². The maximum Gasteiger partial charge on any atom is 0.181 e. The van der Waals surface area contributed by atoms with Crippen LogP contribution in [-0.2, 0) is 17.7 Å². The molecule has 3 aromatic rings. The standard InChI is InChI=1S/C27H35N5OS/c1-2-7-22(6-1)27-28-23(19-34-27)16-25-29-26(30-32(25)24-8-5-15-33-18-24)21-11-9-20(10-12-21)17-31-13-3-4-14-31/h9-12,19,22,24H,1-8,13-18H2. The molecule has 180 valence electrons. The molecule has 34 heavy (non-hydrogen) atoms. The van der Waals surface area contributed by atoms with E-state index in [2.05, 4.69) is 39.2 Å². The molecule has 3 aliphatic rings. The van der Waals surface area contributed by atoms with Crippen LogP contribution in [-0.4, -0.2) is 51.0 Å². The Morgan fingerprint density at radius 1 is 0.941 bits per heavy atom. The van der Waals surface area contributed by atoms with Gasteiger partial charge in [-0.25, -0.2) is 14.6 Å². The fourth-order valence-corrected chi connectivity index (χ4v) is 6.68. The summed E-state index contributed by atoms with van der Waals surface area (Å²) in [5, 5.41) is 8.55. The quantitative estimate of drug-likeness (QED) is 0.443. The first-order valence-corrected chi connectivity index (χ1v) is 14.0. The van der Waals surface area contributed by atoms with Crippen LogP contribution in [0, 0.1) is 0 Å². The van der Waals surface area contributed by atoms with E-state index in [0.717, 1.165) is 61.9 Å². The summed E-state index contributed by atoms with van der Waals surface area (Å²) in [6.07, 6.45) is 10.8. The van der Waals surface area contributed by atoms with E-state index in [0.29, 0.717) is 5.92 Å². The molecule has 6 nitrogen and oxygen atoms in total. The largest absolute Gasteiger partial charge is 0.379 e. The lowest BCUT2D eigenvalue weighted by Crippen LogP contribution is -2.24. The second kappa shape index (κ2) is 10.3. The molecule has 1 aliphatic carbocycles. The number of likely N-dealkylation sites (tertiary alicyclic amines) is 1. The van der Waals surface area contributed by atoms with Gasteiger partial charge in [-0.2, -0.15) is 5.10 Å². The van der Waals surface area contributed by atoms with Gasteiger partial charge in [0.15, 0.2) is 5.82 Å². The Morgan fingerprint density at radius 3 is 2.53 bits per heavy atom. The van der Waals surface area contributed by atoms with Gasteiger partial charge in [0.25, 0.3) is 0 Å². The molecule has 1 aromatic carbocycles. The van der Waals surface area contributed by atoms with Crippen LogP contribution in [0.1, 0.15) is 85.4 Å². The SMILES string of the molecule is c1cc(-c2nc(Cc3csc(C4CCCC4)n3)n(C3CCCOC3)n2)ccc1CN1CCCC1. The minimum absolute atomic E-state index is 0.257. The first-order valence-electron chi connectivity index (χ1n) is 13.1. The maximum absolute atomic E-state index is 5.80. The van der Waals surface area contributed by atoms with Crippen molar-refractivity contribution in [2.75, 3.05) is 26.3 Å². The van der Waals surface area contributed by atoms with Crippen molar-refractivity contribution >= 4 is 11.3 Å². The fourth-order valence-electron chi connectivity index (χ4n) is 5.69. The highest BCUT2D eigenvalue weighted by molar-refractivity contribution is 7.09. The van der Waals surface area contributed by atoms with Crippen molar-refractivity contribution in [3.8, 4) is 11.4 Å². The highest BCUT2D eigenvalue weighted by Gasteiger charge is 2.24. The lowest BCUT2D eigenvalue weighted by atomic mass is 10.1. The first kappa shape index (κ1) is 22.4. The summed E-state index contributed by atoms with van der Waals surface area (Å²) in [5.41, 5.74) is 3.59. The van der Waals surface area contributed by atoms with Gasteiger partial charge in [0.1, 0.15) is 5.82 Å². The fraction of sp³-hybridized carbons (Fsp3) is 0.593. The molecular weight excluding hydrogens is 442 g/mol. The number of thiazole rings is 1. The van der Waals surface area contributed by atoms with Crippen LogP contribution in [0.15, 0.2) is 29.6 Å². The minimum atomic E-state index is 0.257. The van der Waals surface area contributed by atoms with E-state index in [1.165, 1.54) is 62.2 Å². The summed E-state index contributed by atoms with van der Waals surface area (Å²) in [7, 11) is 0. The summed E-state index contributed by atoms with van der Waals surface area (Å²) < 4.78 is 7.94. The lowest BCUT2D eigenvalue weighted by Gasteiger charge is -2.23. The Morgan fingerprint density at radius 2 is 1.76 bits per heavy atom. The third-order valence-electron chi connectivity index (χ3n) is 7.61. The van der Waals surface area contributed by atoms with Gasteiger partial charge >= 0.3 is 0 Å². The molecular formula is C27H35N5OS. The zero-order chi connectivity index (χ0) is 22.7. The highest BCUT2D eigenvalue weighted by Crippen LogP contribution is 2.36.